The summed E-state index contributed by atoms with van der Waals surface area (Å²) in [5, 5.41) is 9.58. The third kappa shape index (κ3) is 3.71. The molecule has 0 aliphatic carbocycles. The van der Waals surface area contributed by atoms with E-state index in [1.54, 1.807) is 7.11 Å². The van der Waals surface area contributed by atoms with Crippen LogP contribution in [-0.4, -0.2) is 64.9 Å². The first-order valence-electron chi connectivity index (χ1n) is 10.5. The minimum absolute atomic E-state index is 0.268. The zero-order valence-electron chi connectivity index (χ0n) is 17.4. The maximum Gasteiger partial charge on any atom is 0.119 e. The molecule has 2 saturated heterocycles. The van der Waals surface area contributed by atoms with Crippen LogP contribution < -0.4 is 4.74 Å². The number of nitrogens with zero attached hydrogens (tertiary/aromatic N) is 3. The van der Waals surface area contributed by atoms with Crippen LogP contribution in [0.15, 0.2) is 30.3 Å². The molecule has 0 amide bonds. The van der Waals surface area contributed by atoms with Gasteiger partial charge in [0, 0.05) is 55.4 Å². The van der Waals surface area contributed by atoms with Crippen molar-refractivity contribution in [2.75, 3.05) is 33.4 Å². The van der Waals surface area contributed by atoms with Crippen molar-refractivity contribution in [3.63, 3.8) is 0 Å². The van der Waals surface area contributed by atoms with Gasteiger partial charge in [-0.3, -0.25) is 9.80 Å². The second-order valence-corrected chi connectivity index (χ2v) is 8.32. The van der Waals surface area contributed by atoms with Crippen molar-refractivity contribution in [1.82, 2.24) is 14.4 Å². The third-order valence-corrected chi connectivity index (χ3v) is 6.61. The molecule has 1 aromatic carbocycles. The van der Waals surface area contributed by atoms with Crippen molar-refractivity contribution in [2.45, 2.75) is 51.7 Å². The van der Waals surface area contributed by atoms with Gasteiger partial charge in [-0.25, -0.2) is 0 Å². The number of aryl methyl sites for hydroxylation is 1. The molecular weight excluding hydrogens is 350 g/mol. The van der Waals surface area contributed by atoms with Crippen LogP contribution in [-0.2, 0) is 6.54 Å². The molecule has 5 heteroatoms. The van der Waals surface area contributed by atoms with Gasteiger partial charge in [0.2, 0.25) is 0 Å². The van der Waals surface area contributed by atoms with Crippen molar-refractivity contribution < 1.29 is 9.84 Å². The summed E-state index contributed by atoms with van der Waals surface area (Å²) in [7, 11) is 1.70. The standard InChI is InChI=1S/C23H33N3O2/c1-17-13-19(18(2)26(17)20-6-8-23(28-3)9-7-20)14-25-16-21-5-4-11-24(21)15-22(25)10-12-27/h6-9,13,21-22,27H,4-5,10-12,14-16H2,1-3H3/t21?,22-/m0/s1. The summed E-state index contributed by atoms with van der Waals surface area (Å²) in [4.78, 5) is 5.25. The van der Waals surface area contributed by atoms with Gasteiger partial charge in [-0.15, -0.1) is 0 Å². The number of hydrogen-bond donors (Lipinski definition) is 1. The van der Waals surface area contributed by atoms with E-state index in [0.29, 0.717) is 12.1 Å². The van der Waals surface area contributed by atoms with E-state index in [9.17, 15) is 5.11 Å². The fourth-order valence-electron chi connectivity index (χ4n) is 5.10. The second kappa shape index (κ2) is 8.27. The van der Waals surface area contributed by atoms with Crippen molar-refractivity contribution in [3.05, 3.63) is 47.3 Å². The smallest absolute Gasteiger partial charge is 0.119 e. The topological polar surface area (TPSA) is 40.9 Å². The molecule has 2 aromatic rings. The predicted octanol–water partition coefficient (Wildman–Crippen LogP) is 3.13. The number of aromatic nitrogens is 1. The molecule has 1 unspecified atom stereocenters. The van der Waals surface area contributed by atoms with Crippen molar-refractivity contribution >= 4 is 0 Å². The highest BCUT2D eigenvalue weighted by Gasteiger charge is 2.36. The Hall–Kier alpha value is -1.82. The van der Waals surface area contributed by atoms with E-state index in [1.165, 1.54) is 42.0 Å². The zero-order valence-corrected chi connectivity index (χ0v) is 17.4. The van der Waals surface area contributed by atoms with E-state index in [0.717, 1.165) is 31.8 Å². The average molecular weight is 384 g/mol. The molecule has 0 bridgehead atoms. The minimum Gasteiger partial charge on any atom is -0.497 e. The number of piperazine rings is 1. The summed E-state index contributed by atoms with van der Waals surface area (Å²) in [5.74, 6) is 0.882. The molecule has 1 N–H and O–H groups in total. The fraction of sp³-hybridized carbons (Fsp3) is 0.565. The molecule has 152 valence electrons. The number of rotatable bonds is 6. The molecule has 2 aliphatic rings. The van der Waals surface area contributed by atoms with Crippen LogP contribution in [0.25, 0.3) is 5.69 Å². The van der Waals surface area contributed by atoms with E-state index in [2.05, 4.69) is 46.4 Å². The number of hydrogen-bond acceptors (Lipinski definition) is 4. The van der Waals surface area contributed by atoms with Gasteiger partial charge in [0.15, 0.2) is 0 Å². The van der Waals surface area contributed by atoms with Crippen molar-refractivity contribution in [1.29, 1.82) is 0 Å². The highest BCUT2D eigenvalue weighted by molar-refractivity contribution is 5.43. The molecule has 1 aromatic heterocycles. The third-order valence-electron chi connectivity index (χ3n) is 6.61. The maximum absolute atomic E-state index is 9.58. The normalized spacial score (nSPS) is 23.1. The van der Waals surface area contributed by atoms with Crippen molar-refractivity contribution in [3.8, 4) is 11.4 Å². The number of aliphatic hydroxyl groups excluding tert-OH is 1. The number of aliphatic hydroxyl groups is 1. The molecule has 3 heterocycles. The Labute approximate surface area is 168 Å². The molecule has 0 radical (unpaired) electrons. The number of methoxy groups -OCH3 is 1. The van der Waals surface area contributed by atoms with Gasteiger partial charge in [-0.2, -0.15) is 0 Å². The molecule has 0 spiro atoms. The SMILES string of the molecule is COc1ccc(-n2c(C)cc(CN3CC4CCCN4C[C@@H]3CCO)c2C)cc1. The lowest BCUT2D eigenvalue weighted by Gasteiger charge is -2.43. The molecule has 4 rings (SSSR count). The van der Waals surface area contributed by atoms with Crippen molar-refractivity contribution in [2.24, 2.45) is 0 Å². The van der Waals surface area contributed by atoms with Gasteiger partial charge >= 0.3 is 0 Å². The Balaban J connectivity index is 1.57. The van der Waals surface area contributed by atoms with Crippen LogP contribution in [0.4, 0.5) is 0 Å². The molecule has 2 aliphatic heterocycles. The molecular formula is C23H33N3O2. The lowest BCUT2D eigenvalue weighted by atomic mass is 10.0. The average Bonchev–Trinajstić information content (AvgIpc) is 3.26. The Morgan fingerprint density at radius 3 is 2.64 bits per heavy atom. The molecule has 28 heavy (non-hydrogen) atoms. The van der Waals surface area contributed by atoms with Gasteiger partial charge in [-0.05, 0) is 75.5 Å². The first-order valence-corrected chi connectivity index (χ1v) is 10.5. The zero-order chi connectivity index (χ0) is 19.7. The van der Waals surface area contributed by atoms with Crippen LogP contribution in [0, 0.1) is 13.8 Å². The summed E-state index contributed by atoms with van der Waals surface area (Å²) in [5.41, 5.74) is 5.13. The van der Waals surface area contributed by atoms with E-state index in [1.807, 2.05) is 12.1 Å². The van der Waals surface area contributed by atoms with E-state index < -0.39 is 0 Å². The monoisotopic (exact) mass is 383 g/mol. The van der Waals surface area contributed by atoms with Crippen LogP contribution >= 0.6 is 0 Å². The van der Waals surface area contributed by atoms with Crippen LogP contribution in [0.1, 0.15) is 36.2 Å². The highest BCUT2D eigenvalue weighted by Crippen LogP contribution is 2.29. The summed E-state index contributed by atoms with van der Waals surface area (Å²) < 4.78 is 7.64. The Kier molecular flexibility index (Phi) is 5.76. The molecule has 2 fully saturated rings. The highest BCUT2D eigenvalue weighted by atomic mass is 16.5. The fourth-order valence-corrected chi connectivity index (χ4v) is 5.10. The number of ether oxygens (including phenoxy) is 1. The lowest BCUT2D eigenvalue weighted by molar-refractivity contribution is 0.0332. The number of fused-ring (bicyclic) bond motifs is 1. The van der Waals surface area contributed by atoms with Gasteiger partial charge < -0.3 is 14.4 Å². The molecule has 2 atom stereocenters. The van der Waals surface area contributed by atoms with E-state index in [-0.39, 0.29) is 6.61 Å². The second-order valence-electron chi connectivity index (χ2n) is 8.32. The Bertz CT molecular complexity index is 799. The van der Waals surface area contributed by atoms with Gasteiger partial charge in [0.1, 0.15) is 5.75 Å². The quantitative estimate of drug-likeness (QED) is 0.832. The summed E-state index contributed by atoms with van der Waals surface area (Å²) in [6.07, 6.45) is 3.49. The Morgan fingerprint density at radius 1 is 1.14 bits per heavy atom. The van der Waals surface area contributed by atoms with Gasteiger partial charge in [0.05, 0.1) is 7.11 Å². The van der Waals surface area contributed by atoms with Crippen LogP contribution in [0.2, 0.25) is 0 Å². The number of benzene rings is 1. The largest absolute Gasteiger partial charge is 0.497 e. The van der Waals surface area contributed by atoms with Crippen LogP contribution in [0.3, 0.4) is 0 Å². The molecule has 0 saturated carbocycles. The first kappa shape index (κ1) is 19.5. The van der Waals surface area contributed by atoms with Crippen LogP contribution in [0.5, 0.6) is 5.75 Å². The summed E-state index contributed by atoms with van der Waals surface area (Å²) in [6.45, 7) is 9.08. The van der Waals surface area contributed by atoms with E-state index in [4.69, 9.17) is 4.74 Å². The Morgan fingerprint density at radius 2 is 1.93 bits per heavy atom. The lowest BCUT2D eigenvalue weighted by Crippen LogP contribution is -2.55. The van der Waals surface area contributed by atoms with Gasteiger partial charge in [0.25, 0.3) is 0 Å². The maximum atomic E-state index is 9.58. The van der Waals surface area contributed by atoms with E-state index >= 15 is 0 Å². The predicted molar refractivity (Wildman–Crippen MR) is 112 cm³/mol. The first-order chi connectivity index (χ1) is 13.6. The minimum atomic E-state index is 0.268. The summed E-state index contributed by atoms with van der Waals surface area (Å²) in [6, 6.07) is 11.7. The van der Waals surface area contributed by atoms with Gasteiger partial charge in [-0.1, -0.05) is 0 Å². The summed E-state index contributed by atoms with van der Waals surface area (Å²) >= 11 is 0. The molecule has 5 nitrogen and oxygen atoms in total.